The number of nitrogens with one attached hydrogen (secondary N) is 1. The number of sulfonamides is 1. The summed E-state index contributed by atoms with van der Waals surface area (Å²) in [5, 5.41) is 3.75. The van der Waals surface area contributed by atoms with Gasteiger partial charge in [0.15, 0.2) is 0 Å². The number of halogens is 3. The van der Waals surface area contributed by atoms with Crippen molar-refractivity contribution in [2.45, 2.75) is 30.7 Å². The molecule has 0 saturated carbocycles. The minimum Gasteiger partial charge on any atom is -0.342 e. The Morgan fingerprint density at radius 1 is 0.842 bits per heavy atom. The first-order valence-electron chi connectivity index (χ1n) is 12.0. The van der Waals surface area contributed by atoms with Crippen molar-refractivity contribution in [2.24, 2.45) is 0 Å². The summed E-state index contributed by atoms with van der Waals surface area (Å²) in [7, 11) is -4.06. The molecular weight excluding hydrogens is 569 g/mol. The lowest BCUT2D eigenvalue weighted by Gasteiger charge is -2.22. The molecule has 1 aliphatic rings. The summed E-state index contributed by atoms with van der Waals surface area (Å²) in [5.41, 5.74) is 1.90. The van der Waals surface area contributed by atoms with Gasteiger partial charge in [0.1, 0.15) is 0 Å². The van der Waals surface area contributed by atoms with Crippen LogP contribution in [0.2, 0.25) is 15.1 Å². The molecule has 0 bridgehead atoms. The van der Waals surface area contributed by atoms with Crippen LogP contribution in [0.15, 0.2) is 71.6 Å². The molecule has 0 spiro atoms. The topological polar surface area (TPSA) is 86.8 Å². The molecule has 2 amide bonds. The Kier molecular flexibility index (Phi) is 9.33. The highest BCUT2D eigenvalue weighted by Gasteiger charge is 2.27. The van der Waals surface area contributed by atoms with Gasteiger partial charge in [0.2, 0.25) is 21.8 Å². The maximum Gasteiger partial charge on any atom is 0.243 e. The molecule has 11 heteroatoms. The van der Waals surface area contributed by atoms with Gasteiger partial charge in [-0.3, -0.25) is 9.59 Å². The average Bonchev–Trinajstić information content (AvgIpc) is 3.43. The normalized spacial score (nSPS) is 13.6. The third-order valence-electron chi connectivity index (χ3n) is 6.17. The molecule has 0 aliphatic carbocycles. The molecule has 3 aromatic carbocycles. The second-order valence-corrected chi connectivity index (χ2v) is 12.2. The van der Waals surface area contributed by atoms with E-state index in [9.17, 15) is 18.0 Å². The lowest BCUT2D eigenvalue weighted by atomic mass is 10.1. The van der Waals surface area contributed by atoms with E-state index < -0.39 is 22.5 Å². The van der Waals surface area contributed by atoms with Crippen LogP contribution in [0.5, 0.6) is 0 Å². The lowest BCUT2D eigenvalue weighted by molar-refractivity contribution is -0.129. The van der Waals surface area contributed by atoms with Crippen LogP contribution in [0, 0.1) is 0 Å². The number of carbonyl (C=O) groups excluding carboxylic acids is 2. The third kappa shape index (κ3) is 7.27. The van der Waals surface area contributed by atoms with Gasteiger partial charge in [-0.15, -0.1) is 0 Å². The number of nitrogens with zero attached hydrogens (tertiary/aromatic N) is 2. The zero-order valence-electron chi connectivity index (χ0n) is 20.4. The fraction of sp³-hybridized carbons (Fsp3) is 0.259. The molecule has 7 nitrogen and oxygen atoms in total. The Hall–Kier alpha value is -2.62. The van der Waals surface area contributed by atoms with Crippen LogP contribution in [0.3, 0.4) is 0 Å². The molecular formula is C27H26Cl3N3O4S. The largest absolute Gasteiger partial charge is 0.342 e. The molecule has 38 heavy (non-hydrogen) atoms. The molecule has 0 radical (unpaired) electrons. The zero-order chi connectivity index (χ0) is 27.3. The SMILES string of the molecule is O=C(CN(Cc1ccc(Cl)c(Cl)c1)S(=O)(=O)c1ccc(Cl)cc1)Nc1ccc(CC(=O)N2CCCC2)cc1. The third-order valence-corrected chi connectivity index (χ3v) is 8.96. The molecule has 1 heterocycles. The molecule has 3 aromatic rings. The van der Waals surface area contributed by atoms with Crippen LogP contribution < -0.4 is 5.32 Å². The molecule has 200 valence electrons. The lowest BCUT2D eigenvalue weighted by Crippen LogP contribution is -2.37. The maximum atomic E-state index is 13.5. The van der Waals surface area contributed by atoms with Gasteiger partial charge in [0.05, 0.1) is 27.9 Å². The van der Waals surface area contributed by atoms with E-state index in [2.05, 4.69) is 5.32 Å². The minimum absolute atomic E-state index is 0.00165. The van der Waals surface area contributed by atoms with Crippen molar-refractivity contribution in [1.29, 1.82) is 0 Å². The van der Waals surface area contributed by atoms with Gasteiger partial charge in [-0.2, -0.15) is 4.31 Å². The van der Waals surface area contributed by atoms with Crippen molar-refractivity contribution in [2.75, 3.05) is 25.0 Å². The van der Waals surface area contributed by atoms with Gasteiger partial charge >= 0.3 is 0 Å². The van der Waals surface area contributed by atoms with Crippen LogP contribution >= 0.6 is 34.8 Å². The van der Waals surface area contributed by atoms with Crippen molar-refractivity contribution in [3.63, 3.8) is 0 Å². The highest BCUT2D eigenvalue weighted by atomic mass is 35.5. The van der Waals surface area contributed by atoms with E-state index >= 15 is 0 Å². The first kappa shape index (κ1) is 28.4. The second kappa shape index (κ2) is 12.5. The Morgan fingerprint density at radius 2 is 1.47 bits per heavy atom. The van der Waals surface area contributed by atoms with Crippen molar-refractivity contribution >= 4 is 62.3 Å². The zero-order valence-corrected chi connectivity index (χ0v) is 23.5. The summed E-state index contributed by atoms with van der Waals surface area (Å²) in [6, 6.07) is 17.5. The van der Waals surface area contributed by atoms with E-state index in [-0.39, 0.29) is 22.4 Å². The predicted molar refractivity (Wildman–Crippen MR) is 150 cm³/mol. The van der Waals surface area contributed by atoms with Gasteiger partial charge < -0.3 is 10.2 Å². The monoisotopic (exact) mass is 593 g/mol. The molecule has 0 unspecified atom stereocenters. The number of benzene rings is 3. The second-order valence-electron chi connectivity index (χ2n) is 8.99. The van der Waals surface area contributed by atoms with Crippen molar-refractivity contribution in [3.05, 3.63) is 92.9 Å². The fourth-order valence-corrected chi connectivity index (χ4v) is 5.97. The molecule has 1 aliphatic heterocycles. The summed E-state index contributed by atoms with van der Waals surface area (Å²) in [4.78, 5) is 27.2. The van der Waals surface area contributed by atoms with E-state index in [0.29, 0.717) is 27.7 Å². The molecule has 0 atom stereocenters. The Labute approximate surface area is 237 Å². The fourth-order valence-electron chi connectivity index (χ4n) is 4.14. The molecule has 1 saturated heterocycles. The van der Waals surface area contributed by atoms with Crippen LogP contribution in [0.4, 0.5) is 5.69 Å². The Morgan fingerprint density at radius 3 is 2.11 bits per heavy atom. The predicted octanol–water partition coefficient (Wildman–Crippen LogP) is 5.64. The van der Waals surface area contributed by atoms with Crippen LogP contribution in [-0.2, 0) is 32.6 Å². The van der Waals surface area contributed by atoms with E-state index in [1.807, 2.05) is 4.90 Å². The number of carbonyl (C=O) groups is 2. The summed E-state index contributed by atoms with van der Waals surface area (Å²) in [6.07, 6.45) is 2.37. The quantitative estimate of drug-likeness (QED) is 0.347. The summed E-state index contributed by atoms with van der Waals surface area (Å²) in [5.74, 6) is -0.437. The van der Waals surface area contributed by atoms with Gasteiger partial charge in [-0.1, -0.05) is 53.0 Å². The van der Waals surface area contributed by atoms with E-state index in [4.69, 9.17) is 34.8 Å². The van der Waals surface area contributed by atoms with Gasteiger partial charge in [-0.05, 0) is 72.5 Å². The highest BCUT2D eigenvalue weighted by Crippen LogP contribution is 2.26. The summed E-state index contributed by atoms with van der Waals surface area (Å²) >= 11 is 18.1. The van der Waals surface area contributed by atoms with E-state index in [0.717, 1.165) is 35.8 Å². The minimum atomic E-state index is -4.06. The van der Waals surface area contributed by atoms with Crippen LogP contribution in [0.1, 0.15) is 24.0 Å². The molecule has 1 fully saturated rings. The highest BCUT2D eigenvalue weighted by molar-refractivity contribution is 7.89. The summed E-state index contributed by atoms with van der Waals surface area (Å²) < 4.78 is 28.0. The van der Waals surface area contributed by atoms with E-state index in [1.165, 1.54) is 24.3 Å². The maximum absolute atomic E-state index is 13.5. The van der Waals surface area contributed by atoms with Crippen molar-refractivity contribution in [3.8, 4) is 0 Å². The van der Waals surface area contributed by atoms with Crippen molar-refractivity contribution < 1.29 is 18.0 Å². The number of likely N-dealkylation sites (tertiary alicyclic amines) is 1. The van der Waals surface area contributed by atoms with Gasteiger partial charge in [0.25, 0.3) is 0 Å². The first-order valence-corrected chi connectivity index (χ1v) is 14.6. The number of rotatable bonds is 9. The smallest absolute Gasteiger partial charge is 0.243 e. The number of amides is 2. The Bertz CT molecular complexity index is 1410. The van der Waals surface area contributed by atoms with Crippen LogP contribution in [0.25, 0.3) is 0 Å². The number of hydrogen-bond donors (Lipinski definition) is 1. The molecule has 4 rings (SSSR count). The average molecular weight is 595 g/mol. The van der Waals surface area contributed by atoms with Crippen LogP contribution in [-0.4, -0.2) is 49.1 Å². The van der Waals surface area contributed by atoms with E-state index in [1.54, 1.807) is 42.5 Å². The number of hydrogen-bond acceptors (Lipinski definition) is 4. The first-order chi connectivity index (χ1) is 18.1. The molecule has 1 N–H and O–H groups in total. The Balaban J connectivity index is 1.47. The summed E-state index contributed by atoms with van der Waals surface area (Å²) in [6.45, 7) is 1.04. The molecule has 0 aromatic heterocycles. The van der Waals surface area contributed by atoms with Gasteiger partial charge in [-0.25, -0.2) is 8.42 Å². The van der Waals surface area contributed by atoms with Gasteiger partial charge in [0, 0.05) is 30.3 Å². The standard InChI is InChI=1S/C27H26Cl3N3O4S/c28-21-6-10-23(11-7-21)38(36,37)33(17-20-5-12-24(29)25(30)15-20)18-26(34)31-22-8-3-19(4-9-22)16-27(35)32-13-1-2-14-32/h3-12,15H,1-2,13-14,16-18H2,(H,31,34). The van der Waals surface area contributed by atoms with Crippen molar-refractivity contribution in [1.82, 2.24) is 9.21 Å². The number of anilines is 1.